The lowest BCUT2D eigenvalue weighted by molar-refractivity contribution is -0.0842. The first-order valence-electron chi connectivity index (χ1n) is 9.14. The highest BCUT2D eigenvalue weighted by Gasteiger charge is 2.41. The zero-order valence-corrected chi connectivity index (χ0v) is 15.9. The predicted octanol–water partition coefficient (Wildman–Crippen LogP) is 1.04. The summed E-state index contributed by atoms with van der Waals surface area (Å²) in [6.07, 6.45) is -2.63. The number of phenolic OH excluding ortho intramolecular Hbond substituents is 3. The van der Waals surface area contributed by atoms with E-state index in [1.165, 1.54) is 25.1 Å². The maximum Gasteiger partial charge on any atom is 0.196 e. The van der Waals surface area contributed by atoms with Gasteiger partial charge in [-0.3, -0.25) is 4.79 Å². The Balaban J connectivity index is 1.86. The van der Waals surface area contributed by atoms with Gasteiger partial charge in [-0.25, -0.2) is 0 Å². The molecule has 158 valence electrons. The molecule has 0 saturated carbocycles. The summed E-state index contributed by atoms with van der Waals surface area (Å²) in [5.41, 5.74) is -1.72. The molecule has 0 aliphatic carbocycles. The van der Waals surface area contributed by atoms with Crippen LogP contribution < -0.4 is 10.2 Å². The molecule has 9 heteroatoms. The van der Waals surface area contributed by atoms with E-state index in [-0.39, 0.29) is 51.5 Å². The van der Waals surface area contributed by atoms with Crippen molar-refractivity contribution in [2.75, 3.05) is 6.61 Å². The molecule has 0 spiro atoms. The highest BCUT2D eigenvalue weighted by molar-refractivity contribution is 5.87. The van der Waals surface area contributed by atoms with Gasteiger partial charge in [0.05, 0.1) is 12.7 Å². The van der Waals surface area contributed by atoms with Crippen LogP contribution in [0.25, 0.3) is 11.0 Å². The molecule has 0 fully saturated rings. The average Bonchev–Trinajstić information content (AvgIpc) is 2.68. The van der Waals surface area contributed by atoms with E-state index < -0.39 is 35.6 Å². The van der Waals surface area contributed by atoms with Gasteiger partial charge in [0.15, 0.2) is 11.0 Å². The lowest BCUT2D eigenvalue weighted by atomic mass is 9.89. The van der Waals surface area contributed by atoms with Crippen LogP contribution in [0.15, 0.2) is 39.5 Å². The Kier molecular flexibility index (Phi) is 4.61. The molecule has 2 heterocycles. The Morgan fingerprint density at radius 2 is 1.80 bits per heavy atom. The highest BCUT2D eigenvalue weighted by atomic mass is 16.5. The molecule has 2 aromatic carbocycles. The van der Waals surface area contributed by atoms with E-state index in [0.717, 1.165) is 12.1 Å². The summed E-state index contributed by atoms with van der Waals surface area (Å²) >= 11 is 0. The lowest BCUT2D eigenvalue weighted by Crippen LogP contribution is -2.51. The summed E-state index contributed by atoms with van der Waals surface area (Å²) in [4.78, 5) is 12.7. The van der Waals surface area contributed by atoms with Gasteiger partial charge in [0.25, 0.3) is 0 Å². The fourth-order valence-electron chi connectivity index (χ4n) is 3.57. The Morgan fingerprint density at radius 1 is 1.13 bits per heavy atom. The Bertz CT molecular complexity index is 1180. The van der Waals surface area contributed by atoms with Gasteiger partial charge in [-0.15, -0.1) is 0 Å². The first-order valence-corrected chi connectivity index (χ1v) is 9.14. The molecule has 0 saturated heterocycles. The van der Waals surface area contributed by atoms with Crippen molar-refractivity contribution >= 4 is 11.0 Å². The minimum Gasteiger partial charge on any atom is -0.508 e. The maximum atomic E-state index is 12.7. The molecule has 1 aliphatic rings. The standard InChI is InChI=1S/C21H20O9/c1-21(8-22)17(26)5-12-14(30-21)7-15-18(20(12)28)13(25)6-16(29-15)19(27)9-2-10(23)4-11(24)3-9/h2-4,6-7,17,19,22-24,26-28H,5,8H2,1H3/t17-,19-,21-/m1/s1. The van der Waals surface area contributed by atoms with Gasteiger partial charge in [-0.1, -0.05) is 0 Å². The second-order valence-corrected chi connectivity index (χ2v) is 7.57. The number of fused-ring (bicyclic) bond motifs is 2. The summed E-state index contributed by atoms with van der Waals surface area (Å²) in [6.45, 7) is 1.03. The van der Waals surface area contributed by atoms with Crippen molar-refractivity contribution in [2.24, 2.45) is 0 Å². The third-order valence-electron chi connectivity index (χ3n) is 5.35. The smallest absolute Gasteiger partial charge is 0.196 e. The molecule has 0 bridgehead atoms. The van der Waals surface area contributed by atoms with Crippen LogP contribution in [0.4, 0.5) is 0 Å². The summed E-state index contributed by atoms with van der Waals surface area (Å²) in [6, 6.07) is 5.84. The van der Waals surface area contributed by atoms with Crippen molar-refractivity contribution in [3.8, 4) is 23.0 Å². The minimum absolute atomic E-state index is 0.0411. The van der Waals surface area contributed by atoms with Gasteiger partial charge in [0.1, 0.15) is 45.8 Å². The monoisotopic (exact) mass is 416 g/mol. The molecular weight excluding hydrogens is 396 g/mol. The number of hydrogen-bond acceptors (Lipinski definition) is 9. The average molecular weight is 416 g/mol. The van der Waals surface area contributed by atoms with Crippen molar-refractivity contribution in [2.45, 2.75) is 31.2 Å². The highest BCUT2D eigenvalue weighted by Crippen LogP contribution is 2.42. The quantitative estimate of drug-likeness (QED) is 0.366. The Labute approximate surface area is 169 Å². The van der Waals surface area contributed by atoms with E-state index in [1.807, 2.05) is 0 Å². The molecule has 6 N–H and O–H groups in total. The van der Waals surface area contributed by atoms with Crippen LogP contribution in [-0.4, -0.2) is 49.0 Å². The normalized spacial score (nSPS) is 21.8. The number of aliphatic hydroxyl groups excluding tert-OH is 3. The minimum atomic E-state index is -1.48. The SMILES string of the molecule is C[C@]1(CO)Oc2cc3oc([C@H](O)c4cc(O)cc(O)c4)cc(=O)c3c(O)c2C[C@H]1O. The summed E-state index contributed by atoms with van der Waals surface area (Å²) in [5.74, 6) is -1.03. The van der Waals surface area contributed by atoms with Crippen molar-refractivity contribution in [1.29, 1.82) is 0 Å². The molecule has 0 amide bonds. The van der Waals surface area contributed by atoms with Crippen LogP contribution in [0.3, 0.4) is 0 Å². The maximum absolute atomic E-state index is 12.7. The molecule has 3 aromatic rings. The molecule has 9 nitrogen and oxygen atoms in total. The fraction of sp³-hybridized carbons (Fsp3) is 0.286. The van der Waals surface area contributed by atoms with Crippen LogP contribution in [0.2, 0.25) is 0 Å². The number of rotatable bonds is 3. The third-order valence-corrected chi connectivity index (χ3v) is 5.35. The number of ether oxygens (including phenoxy) is 1. The summed E-state index contributed by atoms with van der Waals surface area (Å²) in [7, 11) is 0. The van der Waals surface area contributed by atoms with Gasteiger partial charge in [-0.2, -0.15) is 0 Å². The van der Waals surface area contributed by atoms with Crippen molar-refractivity contribution in [3.63, 3.8) is 0 Å². The third kappa shape index (κ3) is 3.13. The zero-order chi connectivity index (χ0) is 21.8. The molecule has 3 atom stereocenters. The number of benzene rings is 2. The summed E-state index contributed by atoms with van der Waals surface area (Å²) < 4.78 is 11.3. The van der Waals surface area contributed by atoms with E-state index >= 15 is 0 Å². The fourth-order valence-corrected chi connectivity index (χ4v) is 3.57. The second-order valence-electron chi connectivity index (χ2n) is 7.57. The zero-order valence-electron chi connectivity index (χ0n) is 15.9. The van der Waals surface area contributed by atoms with Crippen molar-refractivity contribution in [1.82, 2.24) is 0 Å². The van der Waals surface area contributed by atoms with Crippen LogP contribution in [0.1, 0.15) is 29.9 Å². The molecule has 30 heavy (non-hydrogen) atoms. The number of aliphatic hydroxyl groups is 3. The second kappa shape index (κ2) is 6.91. The molecule has 1 aromatic heterocycles. The molecule has 0 unspecified atom stereocenters. The molecule has 4 rings (SSSR count). The molecule has 1 aliphatic heterocycles. The van der Waals surface area contributed by atoms with Gasteiger partial charge >= 0.3 is 0 Å². The Morgan fingerprint density at radius 3 is 2.43 bits per heavy atom. The molecular formula is C21H20O9. The van der Waals surface area contributed by atoms with Crippen molar-refractivity contribution in [3.05, 3.63) is 57.4 Å². The van der Waals surface area contributed by atoms with E-state index in [2.05, 4.69) is 0 Å². The van der Waals surface area contributed by atoms with E-state index in [0.29, 0.717) is 0 Å². The van der Waals surface area contributed by atoms with Gasteiger partial charge in [-0.05, 0) is 24.6 Å². The first kappa shape index (κ1) is 20.0. The first-order chi connectivity index (χ1) is 14.1. The number of aromatic hydroxyl groups is 3. The number of phenols is 3. The topological polar surface area (TPSA) is 161 Å². The lowest BCUT2D eigenvalue weighted by Gasteiger charge is -2.38. The van der Waals surface area contributed by atoms with Gasteiger partial charge < -0.3 is 39.8 Å². The predicted molar refractivity (Wildman–Crippen MR) is 104 cm³/mol. The van der Waals surface area contributed by atoms with Gasteiger partial charge in [0.2, 0.25) is 0 Å². The Hall–Kier alpha value is -3.27. The van der Waals surface area contributed by atoms with E-state index in [1.54, 1.807) is 0 Å². The van der Waals surface area contributed by atoms with Crippen LogP contribution in [-0.2, 0) is 6.42 Å². The molecule has 0 radical (unpaired) electrons. The largest absolute Gasteiger partial charge is 0.508 e. The van der Waals surface area contributed by atoms with Gasteiger partial charge in [0, 0.05) is 30.2 Å². The van der Waals surface area contributed by atoms with Crippen molar-refractivity contribution < 1.29 is 39.8 Å². The van der Waals surface area contributed by atoms with Crippen LogP contribution in [0, 0.1) is 0 Å². The van der Waals surface area contributed by atoms with E-state index in [4.69, 9.17) is 9.15 Å². The summed E-state index contributed by atoms with van der Waals surface area (Å²) in [5, 5.41) is 60.1. The van der Waals surface area contributed by atoms with Crippen LogP contribution in [0.5, 0.6) is 23.0 Å². The number of hydrogen-bond donors (Lipinski definition) is 6. The van der Waals surface area contributed by atoms with E-state index in [9.17, 15) is 35.4 Å². The van der Waals surface area contributed by atoms with Crippen LogP contribution >= 0.6 is 0 Å².